The van der Waals surface area contributed by atoms with Crippen LogP contribution in [0.4, 0.5) is 0 Å². The summed E-state index contributed by atoms with van der Waals surface area (Å²) < 4.78 is 0.804. The van der Waals surface area contributed by atoms with Crippen LogP contribution in [0.15, 0.2) is 18.2 Å². The predicted molar refractivity (Wildman–Crippen MR) is 137 cm³/mol. The number of aryl methyl sites for hydroxylation is 1. The predicted octanol–water partition coefficient (Wildman–Crippen LogP) is 7.60. The Bertz CT molecular complexity index is 789. The highest BCUT2D eigenvalue weighted by Crippen LogP contribution is 2.58. The van der Waals surface area contributed by atoms with Gasteiger partial charge in [0.05, 0.1) is 6.54 Å². The molecule has 0 heterocycles. The minimum absolute atomic E-state index is 0.142. The Morgan fingerprint density at radius 1 is 1.09 bits per heavy atom. The molecule has 180 valence electrons. The number of rotatable bonds is 10. The van der Waals surface area contributed by atoms with Gasteiger partial charge in [-0.2, -0.15) is 0 Å². The maximum atomic E-state index is 13.6. The third-order valence-corrected chi connectivity index (χ3v) is 8.85. The van der Waals surface area contributed by atoms with Crippen molar-refractivity contribution < 1.29 is 9.28 Å². The highest BCUT2D eigenvalue weighted by Gasteiger charge is 2.54. The molecule has 0 N–H and O–H groups in total. The average Bonchev–Trinajstić information content (AvgIpc) is 2.71. The van der Waals surface area contributed by atoms with Crippen molar-refractivity contribution in [3.8, 4) is 0 Å². The van der Waals surface area contributed by atoms with Gasteiger partial charge in [0.2, 0.25) is 0 Å². The molecule has 0 aliphatic heterocycles. The van der Waals surface area contributed by atoms with Crippen LogP contribution in [0, 0.1) is 18.4 Å². The van der Waals surface area contributed by atoms with Crippen LogP contribution in [0.5, 0.6) is 0 Å². The number of carbonyl (C=O) groups excluding carboxylic acids is 1. The van der Waals surface area contributed by atoms with Gasteiger partial charge in [-0.1, -0.05) is 65.2 Å². The van der Waals surface area contributed by atoms with Gasteiger partial charge in [0.25, 0.3) is 0 Å². The lowest BCUT2D eigenvalue weighted by atomic mass is 9.48. The fraction of sp³-hybridized carbons (Fsp3) is 0.733. The van der Waals surface area contributed by atoms with Gasteiger partial charge >= 0.3 is 0 Å². The molecule has 0 spiro atoms. The molecule has 0 aromatic heterocycles. The van der Waals surface area contributed by atoms with E-state index >= 15 is 0 Å². The summed E-state index contributed by atoms with van der Waals surface area (Å²) in [6.07, 6.45) is 12.6. The van der Waals surface area contributed by atoms with Crippen molar-refractivity contribution in [2.75, 3.05) is 20.6 Å². The van der Waals surface area contributed by atoms with E-state index in [1.165, 1.54) is 50.5 Å². The van der Waals surface area contributed by atoms with Crippen molar-refractivity contribution in [2.45, 2.75) is 110 Å². The molecule has 1 aromatic rings. The van der Waals surface area contributed by atoms with Crippen LogP contribution in [0.1, 0.15) is 115 Å². The number of hydrogen-bond acceptors (Lipinski definition) is 1. The fourth-order valence-electron chi connectivity index (χ4n) is 6.85. The van der Waals surface area contributed by atoms with E-state index in [1.807, 2.05) is 0 Å². The largest absolute Gasteiger partial charge is 0.462 e. The number of hydrogen-bond donors (Lipinski definition) is 0. The molecule has 1 fully saturated rings. The minimum atomic E-state index is -0.142. The Morgan fingerprint density at radius 2 is 1.78 bits per heavy atom. The maximum Gasteiger partial charge on any atom is 0.139 e. The molecule has 0 saturated heterocycles. The van der Waals surface area contributed by atoms with E-state index in [1.54, 1.807) is 11.1 Å². The van der Waals surface area contributed by atoms with Crippen LogP contribution in [0.3, 0.4) is 0 Å². The molecular weight excluding hydrogens is 390 g/mol. The van der Waals surface area contributed by atoms with E-state index in [4.69, 9.17) is 0 Å². The van der Waals surface area contributed by atoms with E-state index in [2.05, 4.69) is 67.0 Å². The molecule has 1 aromatic carbocycles. The topological polar surface area (TPSA) is 17.1 Å². The van der Waals surface area contributed by atoms with Gasteiger partial charge in [0.15, 0.2) is 0 Å². The van der Waals surface area contributed by atoms with Gasteiger partial charge in [-0.25, -0.2) is 0 Å². The average molecular weight is 440 g/mol. The van der Waals surface area contributed by atoms with Gasteiger partial charge in [0.1, 0.15) is 5.78 Å². The van der Waals surface area contributed by atoms with E-state index in [0.717, 1.165) is 36.7 Å². The van der Waals surface area contributed by atoms with Crippen LogP contribution in [-0.4, -0.2) is 30.9 Å². The highest BCUT2D eigenvalue weighted by molar-refractivity contribution is 5.85. The summed E-state index contributed by atoms with van der Waals surface area (Å²) in [7, 11) is 8.46. The number of Topliss-reactive ketones (excluding diaryl/α,β-unsaturated/α-hetero) is 1. The first kappa shape index (κ1) is 25.5. The van der Waals surface area contributed by atoms with Crippen LogP contribution in [0.25, 0.3) is 0 Å². The second-order valence-electron chi connectivity index (χ2n) is 12.5. The van der Waals surface area contributed by atoms with E-state index in [9.17, 15) is 4.79 Å². The summed E-state index contributed by atoms with van der Waals surface area (Å²) in [5, 5.41) is 0. The second kappa shape index (κ2) is 10.00. The first-order valence-corrected chi connectivity index (χ1v) is 13.3. The molecule has 3 rings (SSSR count). The monoisotopic (exact) mass is 439 g/mol. The molecule has 2 aliphatic rings. The standard InChI is InChI=1S/C30H49NO/c1-23(2)24-15-17-26-25(22-24)16-18-27-29(26,3)19-13-20-30(27,4)28(32)14-11-9-8-10-12-21-31(5,6)7/h15,17,22-23,27H,5,8-14,16,18-21H2,1-4,6-7H3/t27?,29-,30-/m0/s1. The van der Waals surface area contributed by atoms with Crippen molar-refractivity contribution in [1.29, 1.82) is 0 Å². The molecule has 2 aliphatic carbocycles. The quantitative estimate of drug-likeness (QED) is 0.208. The number of nitrogens with zero attached hydrogens (tertiary/aromatic N) is 1. The molecule has 1 saturated carbocycles. The minimum Gasteiger partial charge on any atom is -0.462 e. The summed E-state index contributed by atoms with van der Waals surface area (Å²) in [5.74, 6) is 1.62. The number of quaternary nitrogens is 1. The zero-order valence-electron chi connectivity index (χ0n) is 21.9. The normalized spacial score (nSPS) is 27.8. The Labute approximate surface area is 198 Å². The van der Waals surface area contributed by atoms with E-state index < -0.39 is 0 Å². The summed E-state index contributed by atoms with van der Waals surface area (Å²) in [5.41, 5.74) is 4.57. The lowest BCUT2D eigenvalue weighted by Crippen LogP contribution is -2.52. The lowest BCUT2D eigenvalue weighted by molar-refractivity contribution is -0.845. The maximum absolute atomic E-state index is 13.6. The molecule has 1 unspecified atom stereocenters. The number of carbonyl (C=O) groups is 1. The number of ketones is 1. The van der Waals surface area contributed by atoms with Crippen LogP contribution < -0.4 is 0 Å². The smallest absolute Gasteiger partial charge is 0.139 e. The van der Waals surface area contributed by atoms with Crippen LogP contribution in [0.2, 0.25) is 0 Å². The molecule has 0 bridgehead atoms. The third-order valence-electron chi connectivity index (χ3n) is 8.85. The Hall–Kier alpha value is -1.15. The summed E-state index contributed by atoms with van der Waals surface area (Å²) in [6, 6.07) is 7.22. The SMILES string of the molecule is [CH2-][N+](C)(C)CCCCCCCC(=O)[C@@]1(C)CCC[C@@]2(C)c3ccc(C(C)C)cc3CCC21. The zero-order valence-corrected chi connectivity index (χ0v) is 21.9. The highest BCUT2D eigenvalue weighted by atomic mass is 16.1. The van der Waals surface area contributed by atoms with Gasteiger partial charge in [0, 0.05) is 25.9 Å². The van der Waals surface area contributed by atoms with Gasteiger partial charge < -0.3 is 4.48 Å². The summed E-state index contributed by atoms with van der Waals surface area (Å²) >= 11 is 0. The second-order valence-corrected chi connectivity index (χ2v) is 12.5. The Kier molecular flexibility index (Phi) is 7.96. The first-order valence-electron chi connectivity index (χ1n) is 13.3. The van der Waals surface area contributed by atoms with Gasteiger partial charge in [-0.05, 0) is 78.9 Å². The Balaban J connectivity index is 1.61. The molecular formula is C30H49NO. The molecule has 0 radical (unpaired) electrons. The van der Waals surface area contributed by atoms with E-state index in [0.29, 0.717) is 17.6 Å². The third kappa shape index (κ3) is 5.49. The molecule has 0 amide bonds. The molecule has 3 atom stereocenters. The number of fused-ring (bicyclic) bond motifs is 3. The van der Waals surface area contributed by atoms with Crippen LogP contribution in [-0.2, 0) is 16.6 Å². The van der Waals surface area contributed by atoms with Crippen LogP contribution >= 0.6 is 0 Å². The Morgan fingerprint density at radius 3 is 2.47 bits per heavy atom. The first-order chi connectivity index (χ1) is 15.0. The van der Waals surface area contributed by atoms with Crippen molar-refractivity contribution in [2.24, 2.45) is 11.3 Å². The fourth-order valence-corrected chi connectivity index (χ4v) is 6.85. The van der Waals surface area contributed by atoms with E-state index in [-0.39, 0.29) is 10.8 Å². The zero-order chi connectivity index (χ0) is 23.6. The van der Waals surface area contributed by atoms with Crippen molar-refractivity contribution >= 4 is 5.78 Å². The van der Waals surface area contributed by atoms with Crippen molar-refractivity contribution in [3.63, 3.8) is 0 Å². The number of unbranched alkanes of at least 4 members (excludes halogenated alkanes) is 4. The molecule has 2 heteroatoms. The van der Waals surface area contributed by atoms with Gasteiger partial charge in [-0.3, -0.25) is 4.79 Å². The molecule has 2 nitrogen and oxygen atoms in total. The molecule has 32 heavy (non-hydrogen) atoms. The van der Waals surface area contributed by atoms with Crippen molar-refractivity contribution in [3.05, 3.63) is 41.9 Å². The summed E-state index contributed by atoms with van der Waals surface area (Å²) in [6.45, 7) is 10.5. The van der Waals surface area contributed by atoms with Gasteiger partial charge in [-0.15, -0.1) is 7.05 Å². The van der Waals surface area contributed by atoms with Crippen molar-refractivity contribution in [1.82, 2.24) is 0 Å². The number of benzene rings is 1. The summed E-state index contributed by atoms with van der Waals surface area (Å²) in [4.78, 5) is 13.6. The lowest BCUT2D eigenvalue weighted by Gasteiger charge is -2.55.